The third-order valence-electron chi connectivity index (χ3n) is 4.38. The number of aliphatic imine (C=N–C) groups is 1. The SMILES string of the molecule is CCNC(=NCCOCCS(C)(=O)=O)NC1CCN(C2CC2)CC1.I. The zero-order valence-corrected chi connectivity index (χ0v) is 18.5. The van der Waals surface area contributed by atoms with Crippen LogP contribution in [0.2, 0.25) is 0 Å². The smallest absolute Gasteiger partial charge is 0.191 e. The molecule has 0 bridgehead atoms. The number of likely N-dealkylation sites (tertiary alicyclic amines) is 1. The molecule has 0 aromatic carbocycles. The number of halogens is 1. The summed E-state index contributed by atoms with van der Waals surface area (Å²) in [5, 5.41) is 6.78. The van der Waals surface area contributed by atoms with Crippen LogP contribution in [0.5, 0.6) is 0 Å². The first-order valence-electron chi connectivity index (χ1n) is 9.02. The van der Waals surface area contributed by atoms with Crippen LogP contribution >= 0.6 is 24.0 Å². The van der Waals surface area contributed by atoms with E-state index in [1.54, 1.807) is 0 Å². The van der Waals surface area contributed by atoms with E-state index in [9.17, 15) is 8.42 Å². The normalized spacial score (nSPS) is 20.2. The molecule has 1 heterocycles. The van der Waals surface area contributed by atoms with E-state index in [0.29, 0.717) is 19.2 Å². The van der Waals surface area contributed by atoms with Crippen LogP contribution in [-0.2, 0) is 14.6 Å². The molecule has 2 fully saturated rings. The summed E-state index contributed by atoms with van der Waals surface area (Å²) in [6.45, 7) is 6.42. The molecule has 25 heavy (non-hydrogen) atoms. The lowest BCUT2D eigenvalue weighted by molar-refractivity contribution is 0.157. The Morgan fingerprint density at radius 3 is 2.44 bits per heavy atom. The van der Waals surface area contributed by atoms with Gasteiger partial charge in [0.1, 0.15) is 9.84 Å². The summed E-state index contributed by atoms with van der Waals surface area (Å²) in [7, 11) is -2.95. The number of nitrogens with one attached hydrogen (secondary N) is 2. The van der Waals surface area contributed by atoms with Crippen LogP contribution in [0, 0.1) is 0 Å². The molecule has 2 N–H and O–H groups in total. The topological polar surface area (TPSA) is 83.0 Å². The van der Waals surface area contributed by atoms with Crippen LogP contribution in [0.1, 0.15) is 32.6 Å². The van der Waals surface area contributed by atoms with Gasteiger partial charge in [-0.05, 0) is 32.6 Å². The fourth-order valence-corrected chi connectivity index (χ4v) is 3.32. The summed E-state index contributed by atoms with van der Waals surface area (Å²) in [6, 6.07) is 1.33. The molecule has 0 amide bonds. The van der Waals surface area contributed by atoms with E-state index in [0.717, 1.165) is 31.4 Å². The van der Waals surface area contributed by atoms with E-state index in [-0.39, 0.29) is 36.3 Å². The quantitative estimate of drug-likeness (QED) is 0.217. The predicted octanol–water partition coefficient (Wildman–Crippen LogP) is 0.848. The lowest BCUT2D eigenvalue weighted by Crippen LogP contribution is -2.49. The minimum absolute atomic E-state index is 0. The molecule has 0 aromatic rings. The van der Waals surface area contributed by atoms with Crippen LogP contribution in [0.15, 0.2) is 4.99 Å². The molecule has 1 aliphatic carbocycles. The molecule has 0 radical (unpaired) electrons. The van der Waals surface area contributed by atoms with Gasteiger partial charge in [-0.25, -0.2) is 8.42 Å². The molecular weight excluding hydrogens is 455 g/mol. The maximum atomic E-state index is 11.0. The van der Waals surface area contributed by atoms with Crippen LogP contribution in [0.4, 0.5) is 0 Å². The van der Waals surface area contributed by atoms with Gasteiger partial charge in [0.05, 0.1) is 25.5 Å². The van der Waals surface area contributed by atoms with Crippen LogP contribution < -0.4 is 10.6 Å². The number of rotatable bonds is 9. The highest BCUT2D eigenvalue weighted by Gasteiger charge is 2.31. The highest BCUT2D eigenvalue weighted by molar-refractivity contribution is 14.0. The zero-order chi connectivity index (χ0) is 17.4. The molecule has 0 unspecified atom stereocenters. The van der Waals surface area contributed by atoms with E-state index in [2.05, 4.69) is 27.4 Å². The minimum atomic E-state index is -2.95. The van der Waals surface area contributed by atoms with Gasteiger partial charge in [0.2, 0.25) is 0 Å². The Balaban J connectivity index is 0.00000312. The predicted molar refractivity (Wildman–Crippen MR) is 113 cm³/mol. The number of guanidine groups is 1. The highest BCUT2D eigenvalue weighted by atomic mass is 127. The third-order valence-corrected chi connectivity index (χ3v) is 5.29. The van der Waals surface area contributed by atoms with Gasteiger partial charge in [-0.1, -0.05) is 0 Å². The molecule has 7 nitrogen and oxygen atoms in total. The second-order valence-corrected chi connectivity index (χ2v) is 8.95. The lowest BCUT2D eigenvalue weighted by Gasteiger charge is -2.33. The highest BCUT2D eigenvalue weighted by Crippen LogP contribution is 2.29. The van der Waals surface area contributed by atoms with Crippen molar-refractivity contribution in [1.82, 2.24) is 15.5 Å². The molecule has 1 saturated carbocycles. The Morgan fingerprint density at radius 1 is 1.20 bits per heavy atom. The van der Waals surface area contributed by atoms with Crippen molar-refractivity contribution < 1.29 is 13.2 Å². The van der Waals surface area contributed by atoms with Crippen molar-refractivity contribution in [2.45, 2.75) is 44.7 Å². The Kier molecular flexibility index (Phi) is 10.6. The standard InChI is InChI=1S/C16H32N4O3S.HI/c1-3-17-16(18-8-11-23-12-13-24(2,21)22)19-14-6-9-20(10-7-14)15-4-5-15;/h14-15H,3-13H2,1-2H3,(H2,17,18,19);1H. The number of sulfone groups is 1. The second-order valence-electron chi connectivity index (χ2n) is 6.69. The average molecular weight is 488 g/mol. The molecule has 1 aliphatic heterocycles. The Labute approximate surface area is 169 Å². The van der Waals surface area contributed by atoms with Gasteiger partial charge >= 0.3 is 0 Å². The van der Waals surface area contributed by atoms with Crippen molar-refractivity contribution in [2.75, 3.05) is 51.4 Å². The second kappa shape index (κ2) is 11.6. The van der Waals surface area contributed by atoms with E-state index in [4.69, 9.17) is 4.74 Å². The summed E-state index contributed by atoms with van der Waals surface area (Å²) in [4.78, 5) is 7.12. The number of ether oxygens (including phenoxy) is 1. The van der Waals surface area contributed by atoms with Gasteiger partial charge in [-0.2, -0.15) is 0 Å². The first-order chi connectivity index (χ1) is 11.5. The fourth-order valence-electron chi connectivity index (χ4n) is 2.90. The van der Waals surface area contributed by atoms with Gasteiger partial charge in [-0.15, -0.1) is 24.0 Å². The van der Waals surface area contributed by atoms with Crippen molar-refractivity contribution >= 4 is 39.8 Å². The summed E-state index contributed by atoms with van der Waals surface area (Å²) >= 11 is 0. The van der Waals surface area contributed by atoms with Crippen molar-refractivity contribution in [2.24, 2.45) is 4.99 Å². The van der Waals surface area contributed by atoms with Crippen LogP contribution in [0.3, 0.4) is 0 Å². The zero-order valence-electron chi connectivity index (χ0n) is 15.4. The summed E-state index contributed by atoms with van der Waals surface area (Å²) in [5.74, 6) is 0.892. The van der Waals surface area contributed by atoms with Crippen molar-refractivity contribution in [1.29, 1.82) is 0 Å². The average Bonchev–Trinajstić information content (AvgIpc) is 3.35. The molecule has 148 valence electrons. The van der Waals surface area contributed by atoms with Crippen LogP contribution in [0.25, 0.3) is 0 Å². The monoisotopic (exact) mass is 488 g/mol. The maximum absolute atomic E-state index is 11.0. The van der Waals surface area contributed by atoms with Gasteiger partial charge in [0, 0.05) is 38.0 Å². The fraction of sp³-hybridized carbons (Fsp3) is 0.938. The first kappa shape index (κ1) is 22.9. The molecule has 9 heteroatoms. The Bertz CT molecular complexity index is 504. The van der Waals surface area contributed by atoms with Gasteiger partial charge in [0.25, 0.3) is 0 Å². The van der Waals surface area contributed by atoms with E-state index < -0.39 is 9.84 Å². The Morgan fingerprint density at radius 2 is 1.88 bits per heavy atom. The molecule has 0 atom stereocenters. The third kappa shape index (κ3) is 9.95. The molecule has 2 rings (SSSR count). The van der Waals surface area contributed by atoms with Crippen LogP contribution in [-0.4, -0.2) is 82.8 Å². The summed E-state index contributed by atoms with van der Waals surface area (Å²) in [5.41, 5.74) is 0. The lowest BCUT2D eigenvalue weighted by atomic mass is 10.1. The van der Waals surface area contributed by atoms with Crippen molar-refractivity contribution in [3.8, 4) is 0 Å². The van der Waals surface area contributed by atoms with Gasteiger partial charge in [0.15, 0.2) is 5.96 Å². The molecule has 2 aliphatic rings. The van der Waals surface area contributed by atoms with E-state index in [1.165, 1.54) is 32.2 Å². The molecule has 0 aromatic heterocycles. The van der Waals surface area contributed by atoms with Crippen molar-refractivity contribution in [3.63, 3.8) is 0 Å². The number of nitrogens with zero attached hydrogens (tertiary/aromatic N) is 2. The molecule has 1 saturated heterocycles. The summed E-state index contributed by atoms with van der Waals surface area (Å²) < 4.78 is 27.4. The van der Waals surface area contributed by atoms with Gasteiger partial charge < -0.3 is 20.3 Å². The number of piperidine rings is 1. The Hall–Kier alpha value is -0.130. The minimum Gasteiger partial charge on any atom is -0.378 e. The molecule has 0 spiro atoms. The van der Waals surface area contributed by atoms with E-state index in [1.807, 2.05) is 0 Å². The molecular formula is C16H33IN4O3S. The summed E-state index contributed by atoms with van der Waals surface area (Å²) in [6.07, 6.45) is 6.29. The maximum Gasteiger partial charge on any atom is 0.191 e. The van der Waals surface area contributed by atoms with E-state index >= 15 is 0 Å². The first-order valence-corrected chi connectivity index (χ1v) is 11.1. The van der Waals surface area contributed by atoms with Crippen molar-refractivity contribution in [3.05, 3.63) is 0 Å². The van der Waals surface area contributed by atoms with Gasteiger partial charge in [-0.3, -0.25) is 4.99 Å². The largest absolute Gasteiger partial charge is 0.378 e. The number of hydrogen-bond acceptors (Lipinski definition) is 5. The number of hydrogen-bond donors (Lipinski definition) is 2.